The Morgan fingerprint density at radius 3 is 2.44 bits per heavy atom. The Bertz CT molecular complexity index is 1320. The minimum atomic E-state index is -1.21. The smallest absolute Gasteiger partial charge is 0.265 e. The first-order chi connectivity index (χ1) is 20.1. The highest BCUT2D eigenvalue weighted by Crippen LogP contribution is 2.65. The fourth-order valence-corrected chi connectivity index (χ4v) is 6.83. The van der Waals surface area contributed by atoms with Crippen molar-refractivity contribution in [3.05, 3.63) is 24.3 Å². The molecule has 0 spiro atoms. The molecule has 1 saturated heterocycles. The van der Waals surface area contributed by atoms with Gasteiger partial charge in [-0.25, -0.2) is 0 Å². The molecule has 5 N–H and O–H groups in total. The summed E-state index contributed by atoms with van der Waals surface area (Å²) < 4.78 is 11.1. The Balaban J connectivity index is 1.31. The molecular formula is C31H43N5O7. The zero-order valence-corrected chi connectivity index (χ0v) is 25.6. The van der Waals surface area contributed by atoms with E-state index in [9.17, 15) is 24.0 Å². The molecule has 2 heterocycles. The number of primary amides is 1. The van der Waals surface area contributed by atoms with Crippen LogP contribution >= 0.6 is 0 Å². The SMILES string of the molecule is COC1CC(C(=O)N[C@H](C(=O)N2C[C@H]3[C@@H]([C@H]2C(=O)N[C@@H](C[C@@H]2Oc4ccccc4NC2=O)C(N)=O)C3(C)C)C(C)(C)C)C1. The molecule has 12 nitrogen and oxygen atoms in total. The summed E-state index contributed by atoms with van der Waals surface area (Å²) in [6.07, 6.45) is 0.0126. The first-order valence-corrected chi connectivity index (χ1v) is 14.9. The van der Waals surface area contributed by atoms with Crippen LogP contribution in [-0.2, 0) is 28.7 Å². The maximum Gasteiger partial charge on any atom is 0.265 e. The predicted octanol–water partition coefficient (Wildman–Crippen LogP) is 1.19. The quantitative estimate of drug-likeness (QED) is 0.331. The van der Waals surface area contributed by atoms with Gasteiger partial charge in [-0.1, -0.05) is 46.8 Å². The number of nitrogens with one attached hydrogen (secondary N) is 3. The Hall–Kier alpha value is -3.67. The summed E-state index contributed by atoms with van der Waals surface area (Å²) in [5.41, 5.74) is 5.39. The molecule has 5 rings (SSSR count). The Kier molecular flexibility index (Phi) is 7.95. The highest BCUT2D eigenvalue weighted by Gasteiger charge is 2.70. The van der Waals surface area contributed by atoms with Crippen LogP contribution in [0, 0.1) is 28.6 Å². The highest BCUT2D eigenvalue weighted by atomic mass is 16.5. The van der Waals surface area contributed by atoms with E-state index in [0.717, 1.165) is 0 Å². The molecule has 12 heteroatoms. The Morgan fingerprint density at radius 1 is 1.14 bits per heavy atom. The van der Waals surface area contributed by atoms with E-state index in [2.05, 4.69) is 29.8 Å². The lowest BCUT2D eigenvalue weighted by atomic mass is 9.80. The van der Waals surface area contributed by atoms with Gasteiger partial charge in [0.05, 0.1) is 11.8 Å². The van der Waals surface area contributed by atoms with Gasteiger partial charge in [-0.3, -0.25) is 24.0 Å². The van der Waals surface area contributed by atoms with E-state index in [4.69, 9.17) is 15.2 Å². The zero-order valence-electron chi connectivity index (χ0n) is 25.6. The first kappa shape index (κ1) is 30.8. The standard InChI is InChI=1S/C31H43N5O7/c1-30(2,3)24(35-26(38)15-11-16(12-15)42-6)29(41)36-14-17-22(31(17,4)5)23(36)28(40)34-19(25(32)37)13-21-27(39)33-18-9-7-8-10-20(18)43-21/h7-10,15-17,19,21-24H,11-14H2,1-6H3,(H2,32,37)(H,33,39)(H,34,40)(H,35,38)/t15?,16?,17-,19-,21-,22-,23-,24+/m0/s1. The number of fused-ring (bicyclic) bond motifs is 2. The van der Waals surface area contributed by atoms with E-state index in [-0.39, 0.29) is 47.5 Å². The zero-order chi connectivity index (χ0) is 31.4. The number of para-hydroxylation sites is 2. The molecular weight excluding hydrogens is 554 g/mol. The summed E-state index contributed by atoms with van der Waals surface area (Å²) in [6.45, 7) is 10.1. The number of ether oxygens (including phenoxy) is 2. The normalized spacial score (nSPS) is 29.9. The topological polar surface area (TPSA) is 169 Å². The summed E-state index contributed by atoms with van der Waals surface area (Å²) in [7, 11) is 1.62. The molecule has 2 aliphatic carbocycles. The number of anilines is 1. The third-order valence-electron chi connectivity index (χ3n) is 9.78. The van der Waals surface area contributed by atoms with Crippen molar-refractivity contribution in [3.8, 4) is 5.75 Å². The number of hydrogen-bond donors (Lipinski definition) is 4. The molecule has 2 saturated carbocycles. The lowest BCUT2D eigenvalue weighted by Crippen LogP contribution is -2.61. The van der Waals surface area contributed by atoms with Crippen LogP contribution < -0.4 is 26.4 Å². The van der Waals surface area contributed by atoms with Crippen LogP contribution in [0.3, 0.4) is 0 Å². The van der Waals surface area contributed by atoms with Crippen molar-refractivity contribution in [2.75, 3.05) is 19.0 Å². The number of amides is 5. The van der Waals surface area contributed by atoms with Crippen LogP contribution in [-0.4, -0.2) is 78.4 Å². The lowest BCUT2D eigenvalue weighted by molar-refractivity contribution is -0.147. The van der Waals surface area contributed by atoms with Gasteiger partial charge in [0, 0.05) is 26.0 Å². The van der Waals surface area contributed by atoms with Crippen molar-refractivity contribution in [3.63, 3.8) is 0 Å². The second-order valence-corrected chi connectivity index (χ2v) is 14.0. The molecule has 2 aliphatic heterocycles. The average molecular weight is 598 g/mol. The molecule has 0 aromatic heterocycles. The van der Waals surface area contributed by atoms with Crippen molar-refractivity contribution in [1.29, 1.82) is 0 Å². The second kappa shape index (κ2) is 11.1. The molecule has 234 valence electrons. The number of carbonyl (C=O) groups excluding carboxylic acids is 5. The number of benzene rings is 1. The molecule has 0 bridgehead atoms. The van der Waals surface area contributed by atoms with E-state index in [1.165, 1.54) is 0 Å². The largest absolute Gasteiger partial charge is 0.478 e. The van der Waals surface area contributed by atoms with Gasteiger partial charge < -0.3 is 36.1 Å². The van der Waals surface area contributed by atoms with Gasteiger partial charge in [0.1, 0.15) is 23.9 Å². The molecule has 43 heavy (non-hydrogen) atoms. The summed E-state index contributed by atoms with van der Waals surface area (Å²) in [4.78, 5) is 67.8. The van der Waals surface area contributed by atoms with Gasteiger partial charge >= 0.3 is 0 Å². The summed E-state index contributed by atoms with van der Waals surface area (Å²) in [5, 5.41) is 8.44. The van der Waals surface area contributed by atoms with Gasteiger partial charge in [-0.15, -0.1) is 0 Å². The Labute approximate surface area is 251 Å². The van der Waals surface area contributed by atoms with E-state index < -0.39 is 47.4 Å². The van der Waals surface area contributed by atoms with Crippen LogP contribution in [0.5, 0.6) is 5.75 Å². The number of methoxy groups -OCH3 is 1. The Morgan fingerprint density at radius 2 is 1.81 bits per heavy atom. The molecule has 5 amide bonds. The summed E-state index contributed by atoms with van der Waals surface area (Å²) >= 11 is 0. The van der Waals surface area contributed by atoms with Gasteiger partial charge in [0.15, 0.2) is 6.10 Å². The van der Waals surface area contributed by atoms with Crippen molar-refractivity contribution >= 4 is 35.2 Å². The van der Waals surface area contributed by atoms with Crippen molar-refractivity contribution < 1.29 is 33.4 Å². The van der Waals surface area contributed by atoms with E-state index in [1.54, 1.807) is 36.3 Å². The lowest BCUT2D eigenvalue weighted by Gasteiger charge is -2.40. The van der Waals surface area contributed by atoms with Crippen LogP contribution in [0.25, 0.3) is 0 Å². The fourth-order valence-electron chi connectivity index (χ4n) is 6.83. The third-order valence-corrected chi connectivity index (χ3v) is 9.78. The van der Waals surface area contributed by atoms with Crippen molar-refractivity contribution in [2.45, 2.75) is 84.2 Å². The number of likely N-dealkylation sites (tertiary alicyclic amines) is 1. The number of nitrogens with two attached hydrogens (primary N) is 1. The molecule has 1 aromatic carbocycles. The molecule has 4 aliphatic rings. The van der Waals surface area contributed by atoms with Crippen LogP contribution in [0.4, 0.5) is 5.69 Å². The van der Waals surface area contributed by atoms with Gasteiger partial charge in [0.25, 0.3) is 5.91 Å². The average Bonchev–Trinajstić information content (AvgIpc) is 3.22. The van der Waals surface area contributed by atoms with E-state index in [1.807, 2.05) is 20.8 Å². The number of nitrogens with zero attached hydrogens (tertiary/aromatic N) is 1. The summed E-state index contributed by atoms with van der Waals surface area (Å²) in [5.74, 6) is -2.14. The second-order valence-electron chi connectivity index (χ2n) is 14.0. The molecule has 3 fully saturated rings. The molecule has 1 aromatic rings. The number of rotatable bonds is 9. The first-order valence-electron chi connectivity index (χ1n) is 14.9. The van der Waals surface area contributed by atoms with Crippen LogP contribution in [0.1, 0.15) is 53.9 Å². The molecule has 0 unspecified atom stereocenters. The van der Waals surface area contributed by atoms with Gasteiger partial charge in [-0.2, -0.15) is 0 Å². The van der Waals surface area contributed by atoms with Crippen molar-refractivity contribution in [2.24, 2.45) is 34.3 Å². The van der Waals surface area contributed by atoms with E-state index >= 15 is 0 Å². The highest BCUT2D eigenvalue weighted by molar-refractivity contribution is 5.99. The third kappa shape index (κ3) is 5.81. The molecule has 0 radical (unpaired) electrons. The maximum atomic E-state index is 14.1. The van der Waals surface area contributed by atoms with Gasteiger partial charge in [-0.05, 0) is 47.6 Å². The van der Waals surface area contributed by atoms with Gasteiger partial charge in [0.2, 0.25) is 23.6 Å². The maximum absolute atomic E-state index is 14.1. The van der Waals surface area contributed by atoms with Crippen molar-refractivity contribution in [1.82, 2.24) is 15.5 Å². The fraction of sp³-hybridized carbons (Fsp3) is 0.645. The predicted molar refractivity (Wildman–Crippen MR) is 156 cm³/mol. The minimum absolute atomic E-state index is 0.0403. The van der Waals surface area contributed by atoms with E-state index in [0.29, 0.717) is 30.8 Å². The number of piperidine rings is 1. The molecule has 6 atom stereocenters. The van der Waals surface area contributed by atoms with Crippen LogP contribution in [0.15, 0.2) is 24.3 Å². The minimum Gasteiger partial charge on any atom is -0.478 e. The summed E-state index contributed by atoms with van der Waals surface area (Å²) in [6, 6.07) is 3.99. The number of carbonyl (C=O) groups is 5. The van der Waals surface area contributed by atoms with Crippen LogP contribution in [0.2, 0.25) is 0 Å². The number of hydrogen-bond acceptors (Lipinski definition) is 7. The monoisotopic (exact) mass is 597 g/mol.